The van der Waals surface area contributed by atoms with Crippen LogP contribution in [0.2, 0.25) is 0 Å². The second-order valence-corrected chi connectivity index (χ2v) is 4.75. The molecule has 8 heteroatoms. The first-order valence-corrected chi connectivity index (χ1v) is 7.08. The summed E-state index contributed by atoms with van der Waals surface area (Å²) in [5.74, 6) is -3.23. The molecule has 0 heterocycles. The molecule has 2 amide bonds. The highest BCUT2D eigenvalue weighted by molar-refractivity contribution is 6.39. The fourth-order valence-electron chi connectivity index (χ4n) is 1.78. The first-order valence-electron chi connectivity index (χ1n) is 7.08. The number of methoxy groups -OCH3 is 1. The van der Waals surface area contributed by atoms with Gasteiger partial charge in [0.2, 0.25) is 0 Å². The van der Waals surface area contributed by atoms with Crippen molar-refractivity contribution in [3.63, 3.8) is 0 Å². The monoisotopic (exact) mass is 343 g/mol. The van der Waals surface area contributed by atoms with Gasteiger partial charge in [-0.2, -0.15) is 5.10 Å². The number of carbonyl (C=O) groups is 3. The summed E-state index contributed by atoms with van der Waals surface area (Å²) in [6.45, 7) is 0. The number of carbonyl (C=O) groups excluding carboxylic acids is 3. The highest BCUT2D eigenvalue weighted by atomic mass is 19.1. The molecule has 0 aliphatic carbocycles. The predicted octanol–water partition coefficient (Wildman–Crippen LogP) is 1.70. The van der Waals surface area contributed by atoms with Crippen LogP contribution in [0.1, 0.15) is 15.9 Å². The number of benzene rings is 2. The number of esters is 1. The zero-order chi connectivity index (χ0) is 18.2. The minimum atomic E-state index is -1.05. The summed E-state index contributed by atoms with van der Waals surface area (Å²) in [6.07, 6.45) is 1.29. The Labute approximate surface area is 142 Å². The van der Waals surface area contributed by atoms with Crippen LogP contribution in [0.5, 0.6) is 0 Å². The van der Waals surface area contributed by atoms with Gasteiger partial charge >= 0.3 is 17.8 Å². The number of hydrazone groups is 1. The number of ether oxygens (including phenoxy) is 1. The van der Waals surface area contributed by atoms with Crippen LogP contribution in [0.25, 0.3) is 0 Å². The van der Waals surface area contributed by atoms with E-state index in [9.17, 15) is 18.8 Å². The van der Waals surface area contributed by atoms with Gasteiger partial charge in [0.05, 0.1) is 24.6 Å². The van der Waals surface area contributed by atoms with E-state index in [1.54, 1.807) is 12.1 Å². The minimum absolute atomic E-state index is 0.106. The van der Waals surface area contributed by atoms with Crippen molar-refractivity contribution < 1.29 is 23.5 Å². The molecule has 0 aromatic heterocycles. The molecule has 0 saturated heterocycles. The molecule has 0 aliphatic rings. The summed E-state index contributed by atoms with van der Waals surface area (Å²) >= 11 is 0. The highest BCUT2D eigenvalue weighted by Crippen LogP contribution is 2.11. The number of para-hydroxylation sites is 1. The largest absolute Gasteiger partial charge is 0.465 e. The maximum atomic E-state index is 13.4. The Balaban J connectivity index is 1.90. The van der Waals surface area contributed by atoms with Gasteiger partial charge in [0.15, 0.2) is 0 Å². The SMILES string of the molecule is COC(=O)c1ccc(C=NNC(=O)C(=O)Nc2ccccc2F)cc1. The first kappa shape index (κ1) is 17.8. The van der Waals surface area contributed by atoms with E-state index in [-0.39, 0.29) is 5.69 Å². The van der Waals surface area contributed by atoms with Gasteiger partial charge in [0.1, 0.15) is 5.82 Å². The number of anilines is 1. The van der Waals surface area contributed by atoms with Gasteiger partial charge in [-0.3, -0.25) is 9.59 Å². The van der Waals surface area contributed by atoms with Crippen molar-refractivity contribution in [1.29, 1.82) is 0 Å². The van der Waals surface area contributed by atoms with Crippen LogP contribution in [-0.2, 0) is 14.3 Å². The predicted molar refractivity (Wildman–Crippen MR) is 88.5 cm³/mol. The smallest absolute Gasteiger partial charge is 0.337 e. The van der Waals surface area contributed by atoms with Crippen LogP contribution < -0.4 is 10.7 Å². The second kappa shape index (κ2) is 8.34. The lowest BCUT2D eigenvalue weighted by Crippen LogP contribution is -2.32. The molecule has 0 aliphatic heterocycles. The topological polar surface area (TPSA) is 96.9 Å². The maximum Gasteiger partial charge on any atom is 0.337 e. The van der Waals surface area contributed by atoms with Gasteiger partial charge < -0.3 is 10.1 Å². The summed E-state index contributed by atoms with van der Waals surface area (Å²) in [5.41, 5.74) is 2.87. The normalized spacial score (nSPS) is 10.3. The van der Waals surface area contributed by atoms with E-state index in [0.29, 0.717) is 11.1 Å². The van der Waals surface area contributed by atoms with Crippen LogP contribution >= 0.6 is 0 Å². The average Bonchev–Trinajstić information content (AvgIpc) is 2.63. The van der Waals surface area contributed by atoms with Gasteiger partial charge in [-0.05, 0) is 29.8 Å². The number of halogens is 1. The fourth-order valence-corrected chi connectivity index (χ4v) is 1.78. The molecular weight excluding hydrogens is 329 g/mol. The molecule has 2 aromatic carbocycles. The van der Waals surface area contributed by atoms with Crippen molar-refractivity contribution in [2.45, 2.75) is 0 Å². The van der Waals surface area contributed by atoms with E-state index in [1.165, 1.54) is 43.7 Å². The zero-order valence-electron chi connectivity index (χ0n) is 13.2. The van der Waals surface area contributed by atoms with Crippen molar-refractivity contribution in [2.24, 2.45) is 5.10 Å². The molecule has 25 heavy (non-hydrogen) atoms. The van der Waals surface area contributed by atoms with Crippen molar-refractivity contribution in [3.8, 4) is 0 Å². The molecule has 0 unspecified atom stereocenters. The Morgan fingerprint density at radius 3 is 2.36 bits per heavy atom. The third-order valence-corrected chi connectivity index (χ3v) is 3.04. The van der Waals surface area contributed by atoms with Crippen LogP contribution in [0.15, 0.2) is 53.6 Å². The molecule has 128 valence electrons. The summed E-state index contributed by atoms with van der Waals surface area (Å²) in [6, 6.07) is 11.7. The van der Waals surface area contributed by atoms with E-state index < -0.39 is 23.6 Å². The Morgan fingerprint density at radius 1 is 1.04 bits per heavy atom. The Bertz CT molecular complexity index is 819. The van der Waals surface area contributed by atoms with Gasteiger partial charge in [0.25, 0.3) is 0 Å². The fraction of sp³-hybridized carbons (Fsp3) is 0.0588. The number of nitrogens with zero attached hydrogens (tertiary/aromatic N) is 1. The Kier molecular flexibility index (Phi) is 5.94. The molecule has 0 saturated carbocycles. The molecule has 0 bridgehead atoms. The maximum absolute atomic E-state index is 13.4. The average molecular weight is 343 g/mol. The molecular formula is C17H14FN3O4. The molecule has 0 spiro atoms. The quantitative estimate of drug-likeness (QED) is 0.382. The van der Waals surface area contributed by atoms with Gasteiger partial charge in [-0.15, -0.1) is 0 Å². The molecule has 0 fully saturated rings. The molecule has 7 nitrogen and oxygen atoms in total. The number of nitrogens with one attached hydrogen (secondary N) is 2. The van der Waals surface area contributed by atoms with E-state index in [4.69, 9.17) is 0 Å². The van der Waals surface area contributed by atoms with Crippen LogP contribution in [0.3, 0.4) is 0 Å². The van der Waals surface area contributed by atoms with E-state index in [1.807, 2.05) is 5.43 Å². The zero-order valence-corrected chi connectivity index (χ0v) is 13.2. The van der Waals surface area contributed by atoms with E-state index in [2.05, 4.69) is 15.2 Å². The Hall–Kier alpha value is -3.55. The van der Waals surface area contributed by atoms with Crippen LogP contribution in [0.4, 0.5) is 10.1 Å². The van der Waals surface area contributed by atoms with Crippen molar-refractivity contribution in [3.05, 3.63) is 65.5 Å². The second-order valence-electron chi connectivity index (χ2n) is 4.75. The third kappa shape index (κ3) is 4.96. The standard InChI is InChI=1S/C17H14FN3O4/c1-25-17(24)12-8-6-11(7-9-12)10-19-21-16(23)15(22)20-14-5-3-2-4-13(14)18/h2-10H,1H3,(H,20,22)(H,21,23). The Morgan fingerprint density at radius 2 is 1.72 bits per heavy atom. The van der Waals surface area contributed by atoms with Crippen molar-refractivity contribution in [2.75, 3.05) is 12.4 Å². The van der Waals surface area contributed by atoms with Gasteiger partial charge in [0, 0.05) is 0 Å². The minimum Gasteiger partial charge on any atom is -0.465 e. The van der Waals surface area contributed by atoms with Crippen LogP contribution in [-0.4, -0.2) is 31.1 Å². The molecule has 2 N–H and O–H groups in total. The van der Waals surface area contributed by atoms with Gasteiger partial charge in [-0.25, -0.2) is 14.6 Å². The number of hydrogen-bond donors (Lipinski definition) is 2. The lowest BCUT2D eigenvalue weighted by molar-refractivity contribution is -0.136. The lowest BCUT2D eigenvalue weighted by atomic mass is 10.1. The third-order valence-electron chi connectivity index (χ3n) is 3.04. The summed E-state index contributed by atoms with van der Waals surface area (Å²) in [4.78, 5) is 34.5. The number of amides is 2. The molecule has 2 rings (SSSR count). The lowest BCUT2D eigenvalue weighted by Gasteiger charge is -2.04. The van der Waals surface area contributed by atoms with Crippen molar-refractivity contribution >= 4 is 29.7 Å². The van der Waals surface area contributed by atoms with Crippen LogP contribution in [0, 0.1) is 5.82 Å². The molecule has 0 atom stereocenters. The number of hydrogen-bond acceptors (Lipinski definition) is 5. The first-order chi connectivity index (χ1) is 12.0. The summed E-state index contributed by atoms with van der Waals surface area (Å²) in [7, 11) is 1.28. The van der Waals surface area contributed by atoms with Gasteiger partial charge in [-0.1, -0.05) is 24.3 Å². The summed E-state index contributed by atoms with van der Waals surface area (Å²) < 4.78 is 18.0. The van der Waals surface area contributed by atoms with E-state index in [0.717, 1.165) is 6.07 Å². The number of rotatable bonds is 4. The highest BCUT2D eigenvalue weighted by Gasteiger charge is 2.14. The molecule has 0 radical (unpaired) electrons. The molecule has 2 aromatic rings. The van der Waals surface area contributed by atoms with Crippen molar-refractivity contribution in [1.82, 2.24) is 5.43 Å². The summed E-state index contributed by atoms with van der Waals surface area (Å²) in [5, 5.41) is 5.76. The van der Waals surface area contributed by atoms with E-state index >= 15 is 0 Å².